The number of nitro groups is 1. The molecule has 0 heterocycles. The summed E-state index contributed by atoms with van der Waals surface area (Å²) >= 11 is 12.7. The minimum Gasteiger partial charge on any atom is -0.489 e. The van der Waals surface area contributed by atoms with Crippen molar-refractivity contribution in [2.24, 2.45) is 5.92 Å². The van der Waals surface area contributed by atoms with E-state index in [1.807, 2.05) is 0 Å². The minimum absolute atomic E-state index is 0.00450. The molecule has 1 aliphatic rings. The molecule has 12 heteroatoms. The number of non-ortho nitro benzene ring substituents is 1. The van der Waals surface area contributed by atoms with Crippen molar-refractivity contribution < 1.29 is 37.4 Å². The van der Waals surface area contributed by atoms with Gasteiger partial charge in [0.05, 0.1) is 11.5 Å². The van der Waals surface area contributed by atoms with Crippen LogP contribution in [0.5, 0.6) is 17.2 Å². The highest BCUT2D eigenvalue weighted by Gasteiger charge is 2.26. The Morgan fingerprint density at radius 2 is 1.87 bits per heavy atom. The zero-order valence-corrected chi connectivity index (χ0v) is 22.3. The summed E-state index contributed by atoms with van der Waals surface area (Å²) in [4.78, 5) is 23.0. The molecular weight excluding hydrogens is 559 g/mol. The zero-order chi connectivity index (χ0) is 28.5. The van der Waals surface area contributed by atoms with Crippen LogP contribution in [-0.2, 0) is 4.74 Å². The molecule has 2 aromatic carbocycles. The van der Waals surface area contributed by atoms with Crippen LogP contribution < -0.4 is 14.2 Å². The Kier molecular flexibility index (Phi) is 10.7. The monoisotopic (exact) mass is 583 g/mol. The third-order valence-corrected chi connectivity index (χ3v) is 6.44. The van der Waals surface area contributed by atoms with Gasteiger partial charge in [0.15, 0.2) is 11.5 Å². The molecule has 0 unspecified atom stereocenters. The molecule has 0 bridgehead atoms. The van der Waals surface area contributed by atoms with Crippen LogP contribution in [0.15, 0.2) is 76.8 Å². The Morgan fingerprint density at radius 3 is 2.44 bits per heavy atom. The second-order valence-corrected chi connectivity index (χ2v) is 9.23. The molecule has 0 saturated heterocycles. The predicted octanol–water partition coefficient (Wildman–Crippen LogP) is 8.45. The summed E-state index contributed by atoms with van der Waals surface area (Å²) in [6.45, 7) is 2.58. The first-order valence-corrected chi connectivity index (χ1v) is 12.5. The molecule has 0 radical (unpaired) electrons. The lowest BCUT2D eigenvalue weighted by atomic mass is 9.99. The molecule has 2 aromatic rings. The highest BCUT2D eigenvalue weighted by atomic mass is 35.5. The van der Waals surface area contributed by atoms with Gasteiger partial charge in [-0.3, -0.25) is 10.1 Å². The van der Waals surface area contributed by atoms with Gasteiger partial charge in [0.2, 0.25) is 0 Å². The molecular formula is C27H25Cl2F2NO7. The van der Waals surface area contributed by atoms with E-state index in [0.29, 0.717) is 23.7 Å². The molecule has 1 fully saturated rings. The zero-order valence-electron chi connectivity index (χ0n) is 20.8. The van der Waals surface area contributed by atoms with E-state index in [1.54, 1.807) is 13.0 Å². The van der Waals surface area contributed by atoms with Gasteiger partial charge in [0.1, 0.15) is 11.9 Å². The van der Waals surface area contributed by atoms with Crippen LogP contribution in [0.4, 0.5) is 19.3 Å². The van der Waals surface area contributed by atoms with E-state index in [0.717, 1.165) is 12.8 Å². The molecule has 1 atom stereocenters. The molecule has 0 aromatic heterocycles. The van der Waals surface area contributed by atoms with Crippen molar-refractivity contribution in [3.05, 3.63) is 92.5 Å². The highest BCUT2D eigenvalue weighted by Crippen LogP contribution is 2.39. The molecule has 1 saturated carbocycles. The largest absolute Gasteiger partial charge is 0.514 e. The molecule has 208 valence electrons. The molecule has 1 aliphatic carbocycles. The van der Waals surface area contributed by atoms with Crippen LogP contribution in [-0.4, -0.2) is 24.3 Å². The number of rotatable bonds is 13. The number of carbonyl (C=O) groups is 1. The summed E-state index contributed by atoms with van der Waals surface area (Å²) in [7, 11) is 0. The fraction of sp³-hybridized carbons (Fsp3) is 0.296. The fourth-order valence-electron chi connectivity index (χ4n) is 3.42. The van der Waals surface area contributed by atoms with Crippen molar-refractivity contribution in [2.75, 3.05) is 6.61 Å². The lowest BCUT2D eigenvalue weighted by Gasteiger charge is -2.22. The molecule has 0 N–H and O–H groups in total. The minimum atomic E-state index is -3.07. The van der Waals surface area contributed by atoms with Crippen LogP contribution >= 0.6 is 23.2 Å². The van der Waals surface area contributed by atoms with E-state index in [2.05, 4.69) is 11.3 Å². The number of allylic oxidation sites excluding steroid dienone is 4. The number of hydrogen-bond acceptors (Lipinski definition) is 7. The van der Waals surface area contributed by atoms with Crippen molar-refractivity contribution in [1.82, 2.24) is 0 Å². The lowest BCUT2D eigenvalue weighted by Crippen LogP contribution is -2.17. The smallest absolute Gasteiger partial charge is 0.489 e. The van der Waals surface area contributed by atoms with Gasteiger partial charge in [-0.05, 0) is 61.1 Å². The topological polar surface area (TPSA) is 97.1 Å². The number of ether oxygens (including phenoxy) is 4. The molecule has 8 nitrogen and oxygen atoms in total. The number of benzene rings is 2. The number of alkyl halides is 2. The number of carbonyl (C=O) groups excluding carboxylic acids is 1. The quantitative estimate of drug-likeness (QED) is 0.0766. The lowest BCUT2D eigenvalue weighted by molar-refractivity contribution is -0.384. The summed E-state index contributed by atoms with van der Waals surface area (Å²) in [5.74, 6) is 0.207. The van der Waals surface area contributed by atoms with E-state index in [4.69, 9.17) is 37.4 Å². The van der Waals surface area contributed by atoms with E-state index < -0.39 is 23.8 Å². The predicted molar refractivity (Wildman–Crippen MR) is 142 cm³/mol. The number of nitro benzene ring substituents is 1. The van der Waals surface area contributed by atoms with Crippen LogP contribution in [0, 0.1) is 16.0 Å². The third kappa shape index (κ3) is 8.97. The Bertz CT molecular complexity index is 1260. The van der Waals surface area contributed by atoms with Crippen molar-refractivity contribution in [2.45, 2.75) is 38.9 Å². The van der Waals surface area contributed by atoms with Gasteiger partial charge in [-0.2, -0.15) is 8.78 Å². The Balaban J connectivity index is 1.93. The summed E-state index contributed by atoms with van der Waals surface area (Å²) in [5.41, 5.74) is 0.570. The molecule has 0 spiro atoms. The first-order chi connectivity index (χ1) is 18.6. The van der Waals surface area contributed by atoms with Crippen molar-refractivity contribution in [3.8, 4) is 17.2 Å². The van der Waals surface area contributed by atoms with E-state index in [9.17, 15) is 23.7 Å². The number of nitrogens with zero attached hydrogens (tertiary/aromatic N) is 1. The van der Waals surface area contributed by atoms with Crippen molar-refractivity contribution >= 4 is 35.0 Å². The van der Waals surface area contributed by atoms with Crippen LogP contribution in [0.3, 0.4) is 0 Å². The van der Waals surface area contributed by atoms with Gasteiger partial charge < -0.3 is 18.9 Å². The van der Waals surface area contributed by atoms with Gasteiger partial charge in [0, 0.05) is 28.6 Å². The van der Waals surface area contributed by atoms with Gasteiger partial charge in [-0.1, -0.05) is 48.0 Å². The highest BCUT2D eigenvalue weighted by molar-refractivity contribution is 6.36. The van der Waals surface area contributed by atoms with Gasteiger partial charge in [-0.15, -0.1) is 0 Å². The normalized spacial score (nSPS) is 14.8. The Morgan fingerprint density at radius 1 is 1.18 bits per heavy atom. The first-order valence-electron chi connectivity index (χ1n) is 11.8. The molecule has 0 aliphatic heterocycles. The van der Waals surface area contributed by atoms with Crippen molar-refractivity contribution in [1.29, 1.82) is 0 Å². The summed E-state index contributed by atoms with van der Waals surface area (Å²) in [6, 6.07) is 8.99. The van der Waals surface area contributed by atoms with Gasteiger partial charge >= 0.3 is 12.8 Å². The number of hydrogen-bond donors (Lipinski definition) is 0. The average molecular weight is 584 g/mol. The summed E-state index contributed by atoms with van der Waals surface area (Å²) in [6.07, 6.45) is 2.67. The average Bonchev–Trinajstić information content (AvgIpc) is 3.74. The first kappa shape index (κ1) is 29.9. The van der Waals surface area contributed by atoms with Crippen LogP contribution in [0.1, 0.15) is 37.9 Å². The maximum atomic E-state index is 13.0. The Hall–Kier alpha value is -3.63. The summed E-state index contributed by atoms with van der Waals surface area (Å²) < 4.78 is 47.1. The molecule has 3 rings (SSSR count). The SMILES string of the molecule is C=C/C(Cl)=C(C[C@H](OC(=O)Oc1ccc([N+](=O)[O-])cc1)c1ccc(OC(F)F)c(OCC2CC2)c1)\C(Cl)=C/C. The van der Waals surface area contributed by atoms with Crippen LogP contribution in [0.25, 0.3) is 0 Å². The standard InChI is InChI=1S/C27H25Cl2F2NO7/c1-3-21(28)20(22(29)4-2)14-24(39-27(33)37-19-10-8-18(9-11-19)32(34)35)17-7-12-23(38-26(30)31)25(13-17)36-15-16-5-6-16/h3-4,7-13,16,24,26H,1,5-6,14-15H2,2H3/b21-20+,22-4+/t24-/m0/s1. The second kappa shape index (κ2) is 14.0. The Labute approximate surface area is 233 Å². The van der Waals surface area contributed by atoms with E-state index >= 15 is 0 Å². The second-order valence-electron chi connectivity index (χ2n) is 8.42. The van der Waals surface area contributed by atoms with Crippen LogP contribution in [0.2, 0.25) is 0 Å². The van der Waals surface area contributed by atoms with E-state index in [-0.39, 0.29) is 39.4 Å². The molecule has 0 amide bonds. The van der Waals surface area contributed by atoms with Crippen molar-refractivity contribution in [3.63, 3.8) is 0 Å². The fourth-order valence-corrected chi connectivity index (χ4v) is 3.82. The van der Waals surface area contributed by atoms with Gasteiger partial charge in [0.25, 0.3) is 5.69 Å². The molecule has 39 heavy (non-hydrogen) atoms. The van der Waals surface area contributed by atoms with E-state index in [1.165, 1.54) is 48.5 Å². The number of halogens is 4. The maximum Gasteiger partial charge on any atom is 0.514 e. The third-order valence-electron chi connectivity index (χ3n) is 5.61. The maximum absolute atomic E-state index is 13.0. The summed E-state index contributed by atoms with van der Waals surface area (Å²) in [5, 5.41) is 11.4. The van der Waals surface area contributed by atoms with Gasteiger partial charge in [-0.25, -0.2) is 4.79 Å².